The van der Waals surface area contributed by atoms with Gasteiger partial charge in [-0.3, -0.25) is 10.1 Å². The van der Waals surface area contributed by atoms with Crippen molar-refractivity contribution in [2.45, 2.75) is 37.8 Å². The fourth-order valence-electron chi connectivity index (χ4n) is 3.44. The van der Waals surface area contributed by atoms with Gasteiger partial charge in [-0.05, 0) is 44.4 Å². The van der Waals surface area contributed by atoms with Crippen LogP contribution in [0.3, 0.4) is 0 Å². The van der Waals surface area contributed by atoms with Crippen molar-refractivity contribution < 1.29 is 4.92 Å². The third-order valence-corrected chi connectivity index (χ3v) is 4.54. The molecule has 0 saturated carbocycles. The molecule has 1 N–H and O–H groups in total. The zero-order chi connectivity index (χ0) is 14.1. The van der Waals surface area contributed by atoms with E-state index >= 15 is 0 Å². The van der Waals surface area contributed by atoms with Crippen molar-refractivity contribution in [2.24, 2.45) is 0 Å². The van der Waals surface area contributed by atoms with Gasteiger partial charge < -0.3 is 10.2 Å². The summed E-state index contributed by atoms with van der Waals surface area (Å²) in [6, 6.07) is 5.79. The van der Waals surface area contributed by atoms with Crippen LogP contribution in [0.1, 0.15) is 25.7 Å². The first-order valence-corrected chi connectivity index (χ1v) is 7.48. The fraction of sp³-hybridized carbons (Fsp3) is 0.571. The number of benzene rings is 1. The molecule has 20 heavy (non-hydrogen) atoms. The predicted molar refractivity (Wildman–Crippen MR) is 79.5 cm³/mol. The van der Waals surface area contributed by atoms with Gasteiger partial charge in [-0.25, -0.2) is 0 Å². The molecule has 108 valence electrons. The minimum absolute atomic E-state index is 0.113. The molecule has 5 nitrogen and oxygen atoms in total. The van der Waals surface area contributed by atoms with Crippen LogP contribution in [0.15, 0.2) is 18.2 Å². The molecule has 6 heteroatoms. The van der Waals surface area contributed by atoms with Gasteiger partial charge in [0, 0.05) is 29.7 Å². The second kappa shape index (κ2) is 5.58. The zero-order valence-corrected chi connectivity index (χ0v) is 12.0. The molecule has 1 aromatic carbocycles. The Labute approximate surface area is 123 Å². The van der Waals surface area contributed by atoms with E-state index in [9.17, 15) is 10.1 Å². The van der Waals surface area contributed by atoms with E-state index in [0.717, 1.165) is 32.4 Å². The summed E-state index contributed by atoms with van der Waals surface area (Å²) in [5, 5.41) is 15.2. The van der Waals surface area contributed by atoms with E-state index in [4.69, 9.17) is 11.6 Å². The molecule has 0 aromatic heterocycles. The van der Waals surface area contributed by atoms with E-state index in [2.05, 4.69) is 10.2 Å². The number of nitrogens with one attached hydrogen (secondary N) is 1. The molecule has 3 rings (SSSR count). The molecule has 2 aliphatic rings. The molecule has 0 bridgehead atoms. The first-order valence-electron chi connectivity index (χ1n) is 7.11. The number of nitrogens with zero attached hydrogens (tertiary/aromatic N) is 2. The van der Waals surface area contributed by atoms with Gasteiger partial charge in [0.25, 0.3) is 5.69 Å². The first kappa shape index (κ1) is 13.6. The average molecular weight is 296 g/mol. The molecule has 2 aliphatic heterocycles. The van der Waals surface area contributed by atoms with Crippen LogP contribution in [0.25, 0.3) is 0 Å². The minimum atomic E-state index is -0.335. The van der Waals surface area contributed by atoms with Crippen LogP contribution in [0.2, 0.25) is 5.02 Å². The van der Waals surface area contributed by atoms with Gasteiger partial charge >= 0.3 is 0 Å². The highest BCUT2D eigenvalue weighted by Crippen LogP contribution is 2.37. The Kier molecular flexibility index (Phi) is 3.81. The summed E-state index contributed by atoms with van der Waals surface area (Å²) >= 11 is 5.90. The Balaban J connectivity index is 1.92. The molecule has 2 fully saturated rings. The largest absolute Gasteiger partial charge is 0.361 e. The van der Waals surface area contributed by atoms with E-state index in [-0.39, 0.29) is 10.6 Å². The smallest absolute Gasteiger partial charge is 0.294 e. The van der Waals surface area contributed by atoms with Gasteiger partial charge in [0.1, 0.15) is 5.69 Å². The summed E-state index contributed by atoms with van der Waals surface area (Å²) < 4.78 is 0. The Morgan fingerprint density at radius 3 is 2.90 bits per heavy atom. The molecule has 2 unspecified atom stereocenters. The molecule has 0 aliphatic carbocycles. The van der Waals surface area contributed by atoms with Gasteiger partial charge in [0.15, 0.2) is 0 Å². The maximum absolute atomic E-state index is 11.3. The summed E-state index contributed by atoms with van der Waals surface area (Å²) in [6.45, 7) is 1.93. The van der Waals surface area contributed by atoms with E-state index in [1.165, 1.54) is 12.5 Å². The van der Waals surface area contributed by atoms with Crippen molar-refractivity contribution in [1.82, 2.24) is 5.32 Å². The highest BCUT2D eigenvalue weighted by Gasteiger charge is 2.35. The Hall–Kier alpha value is -1.33. The van der Waals surface area contributed by atoms with Crippen molar-refractivity contribution in [1.29, 1.82) is 0 Å². The standard InChI is InChI=1S/C14H18ClN3O2/c15-10-5-6-13(14(9-10)18(19)20)17-8-2-4-12(17)11-3-1-7-16-11/h5-6,9,11-12,16H,1-4,7-8H2. The lowest BCUT2D eigenvalue weighted by Gasteiger charge is -2.31. The lowest BCUT2D eigenvalue weighted by molar-refractivity contribution is -0.384. The van der Waals surface area contributed by atoms with E-state index in [1.807, 2.05) is 0 Å². The maximum Gasteiger partial charge on any atom is 0.294 e. The normalized spacial score (nSPS) is 26.1. The molecule has 1 aromatic rings. The summed E-state index contributed by atoms with van der Waals surface area (Å²) in [6.07, 6.45) is 4.53. The lowest BCUT2D eigenvalue weighted by atomic mass is 10.0. The lowest BCUT2D eigenvalue weighted by Crippen LogP contribution is -2.44. The van der Waals surface area contributed by atoms with Crippen molar-refractivity contribution in [3.63, 3.8) is 0 Å². The molecule has 0 radical (unpaired) electrons. The third kappa shape index (κ3) is 2.47. The number of rotatable bonds is 3. The van der Waals surface area contributed by atoms with Gasteiger partial charge in [-0.15, -0.1) is 0 Å². The second-order valence-electron chi connectivity index (χ2n) is 5.50. The van der Waals surface area contributed by atoms with Crippen LogP contribution in [-0.2, 0) is 0 Å². The van der Waals surface area contributed by atoms with Gasteiger partial charge in [0.2, 0.25) is 0 Å². The second-order valence-corrected chi connectivity index (χ2v) is 5.93. The summed E-state index contributed by atoms with van der Waals surface area (Å²) in [5.74, 6) is 0. The highest BCUT2D eigenvalue weighted by atomic mass is 35.5. The minimum Gasteiger partial charge on any atom is -0.361 e. The van der Waals surface area contributed by atoms with Crippen molar-refractivity contribution in [3.8, 4) is 0 Å². The van der Waals surface area contributed by atoms with Gasteiger partial charge in [-0.1, -0.05) is 11.6 Å². The monoisotopic (exact) mass is 295 g/mol. The number of anilines is 1. The van der Waals surface area contributed by atoms with Crippen LogP contribution >= 0.6 is 11.6 Å². The molecule has 2 atom stereocenters. The molecular formula is C14H18ClN3O2. The van der Waals surface area contributed by atoms with Crippen molar-refractivity contribution in [2.75, 3.05) is 18.0 Å². The number of nitro groups is 1. The first-order chi connectivity index (χ1) is 9.66. The predicted octanol–water partition coefficient (Wildman–Crippen LogP) is 2.97. The van der Waals surface area contributed by atoms with Crippen LogP contribution in [0.5, 0.6) is 0 Å². The Morgan fingerprint density at radius 2 is 2.20 bits per heavy atom. The highest BCUT2D eigenvalue weighted by molar-refractivity contribution is 6.30. The van der Waals surface area contributed by atoms with Crippen molar-refractivity contribution in [3.05, 3.63) is 33.3 Å². The molecular weight excluding hydrogens is 278 g/mol. The zero-order valence-electron chi connectivity index (χ0n) is 11.2. The molecule has 0 spiro atoms. The maximum atomic E-state index is 11.3. The molecule has 2 saturated heterocycles. The van der Waals surface area contributed by atoms with E-state index in [0.29, 0.717) is 22.8 Å². The fourth-order valence-corrected chi connectivity index (χ4v) is 3.60. The molecule has 0 amide bonds. The number of nitro benzene ring substituents is 1. The van der Waals surface area contributed by atoms with Gasteiger partial charge in [-0.2, -0.15) is 0 Å². The van der Waals surface area contributed by atoms with E-state index in [1.54, 1.807) is 12.1 Å². The number of halogens is 1. The van der Waals surface area contributed by atoms with Crippen LogP contribution < -0.4 is 10.2 Å². The Bertz CT molecular complexity index is 517. The topological polar surface area (TPSA) is 58.4 Å². The van der Waals surface area contributed by atoms with E-state index < -0.39 is 0 Å². The average Bonchev–Trinajstić information content (AvgIpc) is 3.09. The quantitative estimate of drug-likeness (QED) is 0.688. The SMILES string of the molecule is O=[N+]([O-])c1cc(Cl)ccc1N1CCCC1C1CCCN1. The summed E-state index contributed by atoms with van der Waals surface area (Å²) in [7, 11) is 0. The Morgan fingerprint density at radius 1 is 1.35 bits per heavy atom. The molecule has 2 heterocycles. The number of hydrogen-bond donors (Lipinski definition) is 1. The summed E-state index contributed by atoms with van der Waals surface area (Å²) in [5.41, 5.74) is 0.818. The van der Waals surface area contributed by atoms with Crippen LogP contribution in [0.4, 0.5) is 11.4 Å². The van der Waals surface area contributed by atoms with Gasteiger partial charge in [0.05, 0.1) is 4.92 Å². The van der Waals surface area contributed by atoms with Crippen molar-refractivity contribution >= 4 is 23.0 Å². The van der Waals surface area contributed by atoms with Crippen LogP contribution in [-0.4, -0.2) is 30.1 Å². The third-order valence-electron chi connectivity index (χ3n) is 4.31. The summed E-state index contributed by atoms with van der Waals surface area (Å²) in [4.78, 5) is 13.1. The van der Waals surface area contributed by atoms with Crippen LogP contribution in [0, 0.1) is 10.1 Å². The number of hydrogen-bond acceptors (Lipinski definition) is 4.